The van der Waals surface area contributed by atoms with Crippen LogP contribution in [0.3, 0.4) is 0 Å². The van der Waals surface area contributed by atoms with Crippen LogP contribution in [0.2, 0.25) is 0 Å². The third-order valence-corrected chi connectivity index (χ3v) is 3.65. The van der Waals surface area contributed by atoms with E-state index in [9.17, 15) is 4.79 Å². The summed E-state index contributed by atoms with van der Waals surface area (Å²) in [5, 5.41) is 3.98. The lowest BCUT2D eigenvalue weighted by molar-refractivity contribution is 0.192. The first-order valence-corrected chi connectivity index (χ1v) is 6.80. The first-order valence-electron chi connectivity index (χ1n) is 6.80. The summed E-state index contributed by atoms with van der Waals surface area (Å²) in [6.07, 6.45) is 0.896. The molecule has 0 radical (unpaired) electrons. The molecule has 1 unspecified atom stereocenters. The van der Waals surface area contributed by atoms with Gasteiger partial charge in [0.1, 0.15) is 6.54 Å². The molecule has 7 heteroatoms. The van der Waals surface area contributed by atoms with Gasteiger partial charge in [0.15, 0.2) is 11.4 Å². The van der Waals surface area contributed by atoms with E-state index in [1.165, 1.54) is 4.57 Å². The third kappa shape index (κ3) is 2.15. The molecule has 0 bridgehead atoms. The summed E-state index contributed by atoms with van der Waals surface area (Å²) in [6.45, 7) is 1.55. The maximum absolute atomic E-state index is 11.9. The van der Waals surface area contributed by atoms with Gasteiger partial charge in [-0.25, -0.2) is 4.79 Å². The summed E-state index contributed by atoms with van der Waals surface area (Å²) in [7, 11) is 0. The number of ether oxygens (including phenoxy) is 1. The topological polar surface area (TPSA) is 83.3 Å². The van der Waals surface area contributed by atoms with Gasteiger partial charge >= 0.3 is 5.76 Å². The van der Waals surface area contributed by atoms with Crippen LogP contribution in [-0.4, -0.2) is 27.9 Å². The Balaban J connectivity index is 1.65. The summed E-state index contributed by atoms with van der Waals surface area (Å²) in [5.41, 5.74) is 1.26. The number of para-hydroxylation sites is 2. The molecule has 2 aromatic heterocycles. The van der Waals surface area contributed by atoms with Crippen LogP contribution in [0.25, 0.3) is 11.1 Å². The largest absolute Gasteiger partial charge is 0.420 e. The molecule has 1 fully saturated rings. The van der Waals surface area contributed by atoms with E-state index in [-0.39, 0.29) is 12.5 Å². The molecule has 3 heterocycles. The van der Waals surface area contributed by atoms with Crippen molar-refractivity contribution >= 4 is 11.1 Å². The second-order valence-electron chi connectivity index (χ2n) is 5.03. The van der Waals surface area contributed by atoms with Gasteiger partial charge in [-0.2, -0.15) is 4.98 Å². The standard InChI is InChI=1S/C14H13N3O4/c18-14-17(10-3-1-2-4-11(10)20-14)7-12-15-13(16-21-12)9-5-6-19-8-9/h1-4,9H,5-8H2. The van der Waals surface area contributed by atoms with E-state index in [4.69, 9.17) is 13.7 Å². The maximum atomic E-state index is 11.9. The van der Waals surface area contributed by atoms with Gasteiger partial charge in [0.25, 0.3) is 0 Å². The summed E-state index contributed by atoms with van der Waals surface area (Å²) in [4.78, 5) is 16.2. The quantitative estimate of drug-likeness (QED) is 0.726. The second kappa shape index (κ2) is 4.85. The van der Waals surface area contributed by atoms with Crippen LogP contribution in [0.1, 0.15) is 24.1 Å². The molecule has 108 valence electrons. The van der Waals surface area contributed by atoms with Crippen molar-refractivity contribution in [2.75, 3.05) is 13.2 Å². The molecule has 21 heavy (non-hydrogen) atoms. The van der Waals surface area contributed by atoms with Gasteiger partial charge in [0.05, 0.1) is 12.1 Å². The van der Waals surface area contributed by atoms with Gasteiger partial charge in [-0.3, -0.25) is 4.57 Å². The van der Waals surface area contributed by atoms with Crippen molar-refractivity contribution in [3.8, 4) is 0 Å². The summed E-state index contributed by atoms with van der Waals surface area (Å²) in [6, 6.07) is 7.24. The van der Waals surface area contributed by atoms with Gasteiger partial charge < -0.3 is 13.7 Å². The van der Waals surface area contributed by atoms with Gasteiger partial charge in [-0.05, 0) is 18.6 Å². The first-order chi connectivity index (χ1) is 10.3. The fourth-order valence-electron chi connectivity index (χ4n) is 2.54. The summed E-state index contributed by atoms with van der Waals surface area (Å²) >= 11 is 0. The van der Waals surface area contributed by atoms with Gasteiger partial charge in [0, 0.05) is 12.5 Å². The smallest absolute Gasteiger partial charge is 0.408 e. The van der Waals surface area contributed by atoms with E-state index < -0.39 is 5.76 Å². The SMILES string of the molecule is O=c1oc2ccccc2n1Cc1nc(C2CCOC2)no1. The highest BCUT2D eigenvalue weighted by atomic mass is 16.5. The number of hydrogen-bond donors (Lipinski definition) is 0. The minimum atomic E-state index is -0.430. The predicted octanol–water partition coefficient (Wildman–Crippen LogP) is 1.53. The second-order valence-corrected chi connectivity index (χ2v) is 5.03. The zero-order valence-corrected chi connectivity index (χ0v) is 11.2. The maximum Gasteiger partial charge on any atom is 0.420 e. The van der Waals surface area contributed by atoms with Gasteiger partial charge in [-0.15, -0.1) is 0 Å². The molecule has 4 rings (SSSR count). The Hall–Kier alpha value is -2.41. The fraction of sp³-hybridized carbons (Fsp3) is 0.357. The van der Waals surface area contributed by atoms with Crippen molar-refractivity contribution < 1.29 is 13.7 Å². The van der Waals surface area contributed by atoms with Crippen LogP contribution in [0, 0.1) is 0 Å². The van der Waals surface area contributed by atoms with Crippen molar-refractivity contribution in [2.24, 2.45) is 0 Å². The summed E-state index contributed by atoms with van der Waals surface area (Å²) < 4.78 is 17.2. The van der Waals surface area contributed by atoms with E-state index in [2.05, 4.69) is 10.1 Å². The average Bonchev–Trinajstić information content (AvgIpc) is 3.20. The zero-order chi connectivity index (χ0) is 14.2. The first kappa shape index (κ1) is 12.3. The number of nitrogens with zero attached hydrogens (tertiary/aromatic N) is 3. The predicted molar refractivity (Wildman–Crippen MR) is 72.1 cm³/mol. The number of fused-ring (bicyclic) bond motifs is 1. The minimum Gasteiger partial charge on any atom is -0.408 e. The molecule has 7 nitrogen and oxygen atoms in total. The number of benzene rings is 1. The molecule has 0 N–H and O–H groups in total. The lowest BCUT2D eigenvalue weighted by atomic mass is 10.1. The average molecular weight is 287 g/mol. The Kier molecular flexibility index (Phi) is 2.85. The van der Waals surface area contributed by atoms with E-state index in [1.807, 2.05) is 18.2 Å². The lowest BCUT2D eigenvalue weighted by Crippen LogP contribution is -2.15. The Morgan fingerprint density at radius 3 is 3.10 bits per heavy atom. The molecule has 1 atom stereocenters. The van der Waals surface area contributed by atoms with Crippen molar-refractivity contribution in [3.05, 3.63) is 46.5 Å². The Labute approximate surface area is 119 Å². The Bertz CT molecular complexity index is 826. The number of aromatic nitrogens is 3. The Morgan fingerprint density at radius 2 is 2.24 bits per heavy atom. The number of oxazole rings is 1. The summed E-state index contributed by atoms with van der Waals surface area (Å²) in [5.74, 6) is 0.786. The highest BCUT2D eigenvalue weighted by Crippen LogP contribution is 2.22. The van der Waals surface area contributed by atoms with Crippen LogP contribution in [0.5, 0.6) is 0 Å². The monoisotopic (exact) mass is 287 g/mol. The van der Waals surface area contributed by atoms with Crippen LogP contribution in [0.15, 0.2) is 38.0 Å². The number of hydrogen-bond acceptors (Lipinski definition) is 6. The van der Waals surface area contributed by atoms with Crippen molar-refractivity contribution in [3.63, 3.8) is 0 Å². The molecule has 0 amide bonds. The van der Waals surface area contributed by atoms with Crippen molar-refractivity contribution in [1.29, 1.82) is 0 Å². The van der Waals surface area contributed by atoms with E-state index in [0.29, 0.717) is 29.4 Å². The van der Waals surface area contributed by atoms with Crippen molar-refractivity contribution in [2.45, 2.75) is 18.9 Å². The molecule has 1 aromatic carbocycles. The molecular weight excluding hydrogens is 274 g/mol. The van der Waals surface area contributed by atoms with E-state index in [0.717, 1.165) is 13.0 Å². The van der Waals surface area contributed by atoms with Crippen LogP contribution in [-0.2, 0) is 11.3 Å². The van der Waals surface area contributed by atoms with E-state index >= 15 is 0 Å². The van der Waals surface area contributed by atoms with Gasteiger partial charge in [-0.1, -0.05) is 17.3 Å². The lowest BCUT2D eigenvalue weighted by Gasteiger charge is -1.98. The fourth-order valence-corrected chi connectivity index (χ4v) is 2.54. The molecule has 1 aliphatic rings. The van der Waals surface area contributed by atoms with Gasteiger partial charge in [0.2, 0.25) is 5.89 Å². The van der Waals surface area contributed by atoms with Crippen LogP contribution < -0.4 is 5.76 Å². The molecule has 0 spiro atoms. The minimum absolute atomic E-state index is 0.181. The molecule has 1 aliphatic heterocycles. The molecule has 0 saturated carbocycles. The van der Waals surface area contributed by atoms with Crippen molar-refractivity contribution in [1.82, 2.24) is 14.7 Å². The highest BCUT2D eigenvalue weighted by molar-refractivity contribution is 5.72. The third-order valence-electron chi connectivity index (χ3n) is 3.65. The highest BCUT2D eigenvalue weighted by Gasteiger charge is 2.23. The molecule has 1 saturated heterocycles. The normalized spacial score (nSPS) is 18.6. The number of rotatable bonds is 3. The van der Waals surface area contributed by atoms with Crippen LogP contribution in [0.4, 0.5) is 0 Å². The molecule has 0 aliphatic carbocycles. The van der Waals surface area contributed by atoms with E-state index in [1.54, 1.807) is 6.07 Å². The zero-order valence-electron chi connectivity index (χ0n) is 11.2. The Morgan fingerprint density at radius 1 is 1.33 bits per heavy atom. The van der Waals surface area contributed by atoms with Crippen LogP contribution >= 0.6 is 0 Å². The molecular formula is C14H13N3O4. The molecule has 3 aromatic rings.